The Morgan fingerprint density at radius 2 is 2.38 bits per heavy atom. The van der Waals surface area contributed by atoms with Crippen LogP contribution in [0.1, 0.15) is 5.56 Å². The maximum absolute atomic E-state index is 8.44. The second-order valence-electron chi connectivity index (χ2n) is 2.80. The van der Waals surface area contributed by atoms with E-state index in [0.717, 1.165) is 10.0 Å². The normalized spacial score (nSPS) is 9.69. The van der Waals surface area contributed by atoms with Crippen molar-refractivity contribution in [2.75, 3.05) is 13.2 Å². The Hall–Kier alpha value is -1.78. The molecule has 0 N–H and O–H groups in total. The van der Waals surface area contributed by atoms with Gasteiger partial charge in [-0.05, 0) is 18.2 Å². The highest BCUT2D eigenvalue weighted by Gasteiger charge is 2.01. The van der Waals surface area contributed by atoms with Crippen LogP contribution in [0.3, 0.4) is 0 Å². The van der Waals surface area contributed by atoms with Crippen LogP contribution in [-0.4, -0.2) is 19.4 Å². The highest BCUT2D eigenvalue weighted by molar-refractivity contribution is 9.10. The number of aliphatic imine (C=N–C) groups is 1. The van der Waals surface area contributed by atoms with Crippen LogP contribution in [0.15, 0.2) is 27.7 Å². The van der Waals surface area contributed by atoms with Gasteiger partial charge in [0.1, 0.15) is 11.8 Å². The zero-order chi connectivity index (χ0) is 11.8. The summed E-state index contributed by atoms with van der Waals surface area (Å²) in [6, 6.07) is 7.38. The molecular formula is C12H9BrN2O. The van der Waals surface area contributed by atoms with Crippen LogP contribution in [0.2, 0.25) is 0 Å². The first kappa shape index (κ1) is 12.3. The number of nitriles is 1. The minimum atomic E-state index is 0.0115. The molecule has 0 saturated heterocycles. The van der Waals surface area contributed by atoms with Gasteiger partial charge in [0.25, 0.3) is 0 Å². The Bertz CT molecular complexity index is 469. The zero-order valence-electron chi connectivity index (χ0n) is 8.48. The van der Waals surface area contributed by atoms with Crippen molar-refractivity contribution in [2.45, 2.75) is 0 Å². The number of benzene rings is 1. The number of halogens is 1. The van der Waals surface area contributed by atoms with Gasteiger partial charge in [-0.25, -0.2) is 0 Å². The summed E-state index contributed by atoms with van der Waals surface area (Å²) in [7, 11) is 0. The van der Waals surface area contributed by atoms with Crippen LogP contribution < -0.4 is 4.74 Å². The van der Waals surface area contributed by atoms with E-state index >= 15 is 0 Å². The Morgan fingerprint density at radius 3 is 3.06 bits per heavy atom. The summed E-state index contributed by atoms with van der Waals surface area (Å²) in [5.74, 6) is 3.03. The summed E-state index contributed by atoms with van der Waals surface area (Å²) in [5, 5.41) is 8.44. The molecule has 0 bridgehead atoms. The molecule has 0 aliphatic carbocycles. The molecule has 0 heterocycles. The average Bonchev–Trinajstić information content (AvgIpc) is 2.28. The van der Waals surface area contributed by atoms with Gasteiger partial charge in [-0.15, -0.1) is 6.42 Å². The Morgan fingerprint density at radius 1 is 1.56 bits per heavy atom. The average molecular weight is 277 g/mol. The predicted molar refractivity (Wildman–Crippen MR) is 66.5 cm³/mol. The lowest BCUT2D eigenvalue weighted by Gasteiger charge is -2.05. The number of terminal acetylenes is 1. The molecule has 1 aromatic rings. The summed E-state index contributed by atoms with van der Waals surface area (Å²) >= 11 is 3.35. The lowest BCUT2D eigenvalue weighted by molar-refractivity contribution is 0.367. The maximum Gasteiger partial charge on any atom is 0.174 e. The molecule has 0 unspecified atom stereocenters. The van der Waals surface area contributed by atoms with Crippen molar-refractivity contribution in [2.24, 2.45) is 4.99 Å². The van der Waals surface area contributed by atoms with E-state index in [1.165, 1.54) is 0 Å². The monoisotopic (exact) mass is 276 g/mol. The second kappa shape index (κ2) is 6.66. The van der Waals surface area contributed by atoms with Gasteiger partial charge in [0, 0.05) is 16.3 Å². The Labute approximate surface area is 103 Å². The van der Waals surface area contributed by atoms with E-state index in [2.05, 4.69) is 26.8 Å². The van der Waals surface area contributed by atoms with Gasteiger partial charge < -0.3 is 4.74 Å². The van der Waals surface area contributed by atoms with Gasteiger partial charge in [-0.3, -0.25) is 4.99 Å². The zero-order valence-corrected chi connectivity index (χ0v) is 10.1. The molecular weight excluding hydrogens is 268 g/mol. The smallest absolute Gasteiger partial charge is 0.174 e. The molecule has 16 heavy (non-hydrogen) atoms. The molecule has 1 rings (SSSR count). The summed E-state index contributed by atoms with van der Waals surface area (Å²) in [6.07, 6.45) is 6.73. The summed E-state index contributed by atoms with van der Waals surface area (Å²) in [5.41, 5.74) is 0.792. The second-order valence-corrected chi connectivity index (χ2v) is 3.72. The van der Waals surface area contributed by atoms with Crippen molar-refractivity contribution in [3.8, 4) is 24.2 Å². The first-order valence-electron chi connectivity index (χ1n) is 4.50. The molecule has 3 nitrogen and oxygen atoms in total. The molecule has 1 aromatic carbocycles. The van der Waals surface area contributed by atoms with E-state index in [1.54, 1.807) is 12.3 Å². The molecule has 0 saturated carbocycles. The molecule has 0 aliphatic rings. The van der Waals surface area contributed by atoms with E-state index in [1.807, 2.05) is 18.2 Å². The first-order chi connectivity index (χ1) is 7.77. The van der Waals surface area contributed by atoms with Crippen LogP contribution >= 0.6 is 15.9 Å². The lowest BCUT2D eigenvalue weighted by Crippen LogP contribution is -1.97. The topological polar surface area (TPSA) is 45.4 Å². The fourth-order valence-corrected chi connectivity index (χ4v) is 1.44. The lowest BCUT2D eigenvalue weighted by atomic mass is 10.2. The van der Waals surface area contributed by atoms with Gasteiger partial charge in [0.15, 0.2) is 6.61 Å². The van der Waals surface area contributed by atoms with Crippen molar-refractivity contribution in [1.29, 1.82) is 5.26 Å². The molecule has 4 heteroatoms. The van der Waals surface area contributed by atoms with Crippen LogP contribution in [0, 0.1) is 23.7 Å². The molecule has 80 valence electrons. The third-order valence-corrected chi connectivity index (χ3v) is 2.17. The largest absolute Gasteiger partial charge is 0.478 e. The fraction of sp³-hybridized carbons (Fsp3) is 0.167. The maximum atomic E-state index is 8.44. The van der Waals surface area contributed by atoms with Crippen molar-refractivity contribution in [3.05, 3.63) is 28.2 Å². The van der Waals surface area contributed by atoms with Gasteiger partial charge in [0.2, 0.25) is 0 Å². The first-order valence-corrected chi connectivity index (χ1v) is 5.30. The number of nitrogens with zero attached hydrogens (tertiary/aromatic N) is 2. The number of ether oxygens (including phenoxy) is 1. The van der Waals surface area contributed by atoms with Gasteiger partial charge >= 0.3 is 0 Å². The number of hydrogen-bond donors (Lipinski definition) is 0. The van der Waals surface area contributed by atoms with E-state index in [0.29, 0.717) is 12.3 Å². The minimum absolute atomic E-state index is 0.0115. The summed E-state index contributed by atoms with van der Waals surface area (Å²) in [4.78, 5) is 4.03. The van der Waals surface area contributed by atoms with Crippen LogP contribution in [-0.2, 0) is 0 Å². The van der Waals surface area contributed by atoms with Crippen molar-refractivity contribution in [3.63, 3.8) is 0 Å². The summed E-state index contributed by atoms with van der Waals surface area (Å²) < 4.78 is 6.16. The molecule has 0 amide bonds. The van der Waals surface area contributed by atoms with Crippen LogP contribution in [0.5, 0.6) is 5.75 Å². The van der Waals surface area contributed by atoms with Crippen molar-refractivity contribution < 1.29 is 4.74 Å². The number of rotatable bonds is 4. The molecule has 0 fully saturated rings. The quantitative estimate of drug-likeness (QED) is 0.626. The highest BCUT2D eigenvalue weighted by atomic mass is 79.9. The van der Waals surface area contributed by atoms with Crippen molar-refractivity contribution >= 4 is 22.1 Å². The third kappa shape index (κ3) is 3.76. The SMILES string of the molecule is C#CCN=Cc1cc(Br)ccc1OCC#N. The van der Waals surface area contributed by atoms with E-state index in [4.69, 9.17) is 16.4 Å². The van der Waals surface area contributed by atoms with E-state index in [-0.39, 0.29) is 6.61 Å². The van der Waals surface area contributed by atoms with Gasteiger partial charge in [0.05, 0.1) is 6.54 Å². The predicted octanol–water partition coefficient (Wildman–Crippen LogP) is 2.40. The van der Waals surface area contributed by atoms with Gasteiger partial charge in [-0.1, -0.05) is 21.9 Å². The standard InChI is InChI=1S/C12H9BrN2O/c1-2-6-15-9-10-8-11(13)3-4-12(10)16-7-5-14/h1,3-4,8-9H,6-7H2. The van der Waals surface area contributed by atoms with Crippen LogP contribution in [0.4, 0.5) is 0 Å². The molecule has 0 atom stereocenters. The van der Waals surface area contributed by atoms with Gasteiger partial charge in [-0.2, -0.15) is 5.26 Å². The number of hydrogen-bond acceptors (Lipinski definition) is 3. The van der Waals surface area contributed by atoms with Crippen molar-refractivity contribution in [1.82, 2.24) is 0 Å². The minimum Gasteiger partial charge on any atom is -0.478 e. The fourth-order valence-electron chi connectivity index (χ4n) is 1.06. The molecule has 0 aliphatic heterocycles. The Balaban J connectivity index is 2.91. The van der Waals surface area contributed by atoms with E-state index in [9.17, 15) is 0 Å². The van der Waals surface area contributed by atoms with Crippen LogP contribution in [0.25, 0.3) is 0 Å². The summed E-state index contributed by atoms with van der Waals surface area (Å²) in [6.45, 7) is 0.335. The highest BCUT2D eigenvalue weighted by Crippen LogP contribution is 2.21. The molecule has 0 aromatic heterocycles. The third-order valence-electron chi connectivity index (χ3n) is 1.68. The Kier molecular flexibility index (Phi) is 5.11. The molecule has 0 radical (unpaired) electrons. The van der Waals surface area contributed by atoms with E-state index < -0.39 is 0 Å². The molecule has 0 spiro atoms.